The van der Waals surface area contributed by atoms with Crippen LogP contribution in [-0.4, -0.2) is 32.3 Å². The van der Waals surface area contributed by atoms with Crippen LogP contribution in [0, 0.1) is 5.92 Å². The molecule has 1 saturated heterocycles. The summed E-state index contributed by atoms with van der Waals surface area (Å²) in [6, 6.07) is 7.02. The van der Waals surface area contributed by atoms with Crippen LogP contribution in [0.4, 0.5) is 5.69 Å². The molecule has 2 rings (SSSR count). The summed E-state index contributed by atoms with van der Waals surface area (Å²) in [5.74, 6) is 1.36. The first-order valence-corrected chi connectivity index (χ1v) is 7.24. The van der Waals surface area contributed by atoms with Gasteiger partial charge < -0.3 is 15.0 Å². The second-order valence-electron chi connectivity index (χ2n) is 5.58. The molecule has 1 N–H and O–H groups in total. The van der Waals surface area contributed by atoms with Gasteiger partial charge in [-0.3, -0.25) is 0 Å². The van der Waals surface area contributed by atoms with Crippen molar-refractivity contribution in [2.24, 2.45) is 5.92 Å². The molecule has 3 nitrogen and oxygen atoms in total. The van der Waals surface area contributed by atoms with Gasteiger partial charge in [-0.25, -0.2) is 0 Å². The monoisotopic (exact) mass is 282 g/mol. The lowest BCUT2D eigenvalue weighted by molar-refractivity contribution is 0.337. The standard InChI is InChI=1S/C15H23ClN2O/c1-10(2)14-9-18(11(3)8-17-14)12-5-6-15(19-4)13(16)7-12/h5-7,10-11,14,17H,8-9H2,1-4H3. The molecular weight excluding hydrogens is 260 g/mol. The van der Waals surface area contributed by atoms with E-state index >= 15 is 0 Å². The zero-order valence-corrected chi connectivity index (χ0v) is 12.9. The van der Waals surface area contributed by atoms with Gasteiger partial charge in [-0.2, -0.15) is 0 Å². The normalized spacial score (nSPS) is 23.8. The minimum atomic E-state index is 0.472. The van der Waals surface area contributed by atoms with Crippen LogP contribution in [0.1, 0.15) is 20.8 Å². The minimum absolute atomic E-state index is 0.472. The van der Waals surface area contributed by atoms with Crippen LogP contribution in [-0.2, 0) is 0 Å². The number of methoxy groups -OCH3 is 1. The van der Waals surface area contributed by atoms with Crippen molar-refractivity contribution < 1.29 is 4.74 Å². The lowest BCUT2D eigenvalue weighted by Gasteiger charge is -2.42. The topological polar surface area (TPSA) is 24.5 Å². The summed E-state index contributed by atoms with van der Waals surface area (Å²) in [4.78, 5) is 2.42. The molecular formula is C15H23ClN2O. The Kier molecular flexibility index (Phi) is 4.58. The molecule has 1 heterocycles. The van der Waals surface area contributed by atoms with Crippen LogP contribution in [0.5, 0.6) is 5.75 Å². The van der Waals surface area contributed by atoms with Crippen LogP contribution >= 0.6 is 11.6 Å². The van der Waals surface area contributed by atoms with Crippen molar-refractivity contribution in [3.05, 3.63) is 23.2 Å². The second kappa shape index (κ2) is 6.02. The molecule has 1 fully saturated rings. The predicted molar refractivity (Wildman–Crippen MR) is 81.4 cm³/mol. The maximum Gasteiger partial charge on any atom is 0.137 e. The number of piperazine rings is 1. The average molecular weight is 283 g/mol. The van der Waals surface area contributed by atoms with Gasteiger partial charge >= 0.3 is 0 Å². The van der Waals surface area contributed by atoms with E-state index in [0.29, 0.717) is 23.0 Å². The predicted octanol–water partition coefficient (Wildman–Crippen LogP) is 3.17. The highest BCUT2D eigenvalue weighted by atomic mass is 35.5. The minimum Gasteiger partial charge on any atom is -0.495 e. The summed E-state index contributed by atoms with van der Waals surface area (Å²) in [5, 5.41) is 4.28. The van der Waals surface area contributed by atoms with E-state index in [1.165, 1.54) is 5.69 Å². The Labute approximate surface area is 120 Å². The fourth-order valence-corrected chi connectivity index (χ4v) is 2.78. The van der Waals surface area contributed by atoms with Gasteiger partial charge in [-0.15, -0.1) is 0 Å². The molecule has 1 aromatic carbocycles. The van der Waals surface area contributed by atoms with E-state index in [0.717, 1.165) is 18.8 Å². The van der Waals surface area contributed by atoms with E-state index in [-0.39, 0.29) is 0 Å². The number of halogens is 1. The number of ether oxygens (including phenoxy) is 1. The lowest BCUT2D eigenvalue weighted by Crippen LogP contribution is -2.57. The highest BCUT2D eigenvalue weighted by Gasteiger charge is 2.27. The largest absolute Gasteiger partial charge is 0.495 e. The van der Waals surface area contributed by atoms with Crippen molar-refractivity contribution in [3.63, 3.8) is 0 Å². The third-order valence-corrected chi connectivity index (χ3v) is 4.17. The number of hydrogen-bond acceptors (Lipinski definition) is 3. The second-order valence-corrected chi connectivity index (χ2v) is 5.99. The lowest BCUT2D eigenvalue weighted by atomic mass is 9.99. The fourth-order valence-electron chi connectivity index (χ4n) is 2.53. The number of anilines is 1. The Morgan fingerprint density at radius 3 is 2.74 bits per heavy atom. The zero-order valence-electron chi connectivity index (χ0n) is 12.1. The Morgan fingerprint density at radius 2 is 2.16 bits per heavy atom. The average Bonchev–Trinajstić information content (AvgIpc) is 2.38. The summed E-state index contributed by atoms with van der Waals surface area (Å²) in [6.07, 6.45) is 0. The van der Waals surface area contributed by atoms with Crippen LogP contribution in [0.15, 0.2) is 18.2 Å². The molecule has 1 aromatic rings. The number of hydrogen-bond donors (Lipinski definition) is 1. The Bertz CT molecular complexity index is 436. The summed E-state index contributed by atoms with van der Waals surface area (Å²) in [5.41, 5.74) is 1.17. The highest BCUT2D eigenvalue weighted by Crippen LogP contribution is 2.31. The van der Waals surface area contributed by atoms with E-state index in [1.54, 1.807) is 7.11 Å². The molecule has 0 saturated carbocycles. The molecule has 2 unspecified atom stereocenters. The smallest absolute Gasteiger partial charge is 0.137 e. The fraction of sp³-hybridized carbons (Fsp3) is 0.600. The number of benzene rings is 1. The molecule has 0 radical (unpaired) electrons. The van der Waals surface area contributed by atoms with Crippen LogP contribution in [0.2, 0.25) is 5.02 Å². The van der Waals surface area contributed by atoms with Crippen molar-refractivity contribution >= 4 is 17.3 Å². The molecule has 0 amide bonds. The molecule has 0 spiro atoms. The SMILES string of the molecule is COc1ccc(N2CC(C(C)C)NCC2C)cc1Cl. The first kappa shape index (κ1) is 14.5. The van der Waals surface area contributed by atoms with Gasteiger partial charge in [0.25, 0.3) is 0 Å². The molecule has 1 aliphatic rings. The van der Waals surface area contributed by atoms with Crippen molar-refractivity contribution in [1.29, 1.82) is 0 Å². The van der Waals surface area contributed by atoms with Gasteiger partial charge in [0.2, 0.25) is 0 Å². The maximum atomic E-state index is 6.23. The van der Waals surface area contributed by atoms with Gasteiger partial charge in [-0.1, -0.05) is 25.4 Å². The molecule has 0 bridgehead atoms. The maximum absolute atomic E-state index is 6.23. The van der Waals surface area contributed by atoms with Gasteiger partial charge in [0.15, 0.2) is 0 Å². The van der Waals surface area contributed by atoms with E-state index in [1.807, 2.05) is 12.1 Å². The van der Waals surface area contributed by atoms with Gasteiger partial charge in [-0.05, 0) is 31.0 Å². The molecule has 106 valence electrons. The third kappa shape index (κ3) is 3.15. The molecule has 2 atom stereocenters. The van der Waals surface area contributed by atoms with Crippen LogP contribution in [0.3, 0.4) is 0 Å². The molecule has 0 aromatic heterocycles. The van der Waals surface area contributed by atoms with E-state index in [4.69, 9.17) is 16.3 Å². The van der Waals surface area contributed by atoms with Gasteiger partial charge in [0.1, 0.15) is 5.75 Å². The molecule has 1 aliphatic heterocycles. The first-order chi connectivity index (χ1) is 9.02. The van der Waals surface area contributed by atoms with Crippen molar-refractivity contribution in [1.82, 2.24) is 5.32 Å². The first-order valence-electron chi connectivity index (χ1n) is 6.86. The molecule has 4 heteroatoms. The Balaban J connectivity index is 2.21. The van der Waals surface area contributed by atoms with Gasteiger partial charge in [0.05, 0.1) is 12.1 Å². The summed E-state index contributed by atoms with van der Waals surface area (Å²) in [7, 11) is 1.64. The van der Waals surface area contributed by atoms with E-state index in [9.17, 15) is 0 Å². The summed E-state index contributed by atoms with van der Waals surface area (Å²) in [6.45, 7) is 8.77. The van der Waals surface area contributed by atoms with Gasteiger partial charge in [0, 0.05) is 30.9 Å². The quantitative estimate of drug-likeness (QED) is 0.922. The Hall–Kier alpha value is -0.930. The number of rotatable bonds is 3. The zero-order chi connectivity index (χ0) is 14.0. The number of nitrogens with zero attached hydrogens (tertiary/aromatic N) is 1. The van der Waals surface area contributed by atoms with Crippen molar-refractivity contribution in [3.8, 4) is 5.75 Å². The third-order valence-electron chi connectivity index (χ3n) is 3.87. The van der Waals surface area contributed by atoms with Crippen molar-refractivity contribution in [2.75, 3.05) is 25.1 Å². The summed E-state index contributed by atoms with van der Waals surface area (Å²) >= 11 is 6.23. The number of nitrogens with one attached hydrogen (secondary N) is 1. The van der Waals surface area contributed by atoms with Crippen molar-refractivity contribution in [2.45, 2.75) is 32.9 Å². The molecule has 0 aliphatic carbocycles. The van der Waals surface area contributed by atoms with Crippen LogP contribution in [0.25, 0.3) is 0 Å². The van der Waals surface area contributed by atoms with E-state index < -0.39 is 0 Å². The highest BCUT2D eigenvalue weighted by molar-refractivity contribution is 6.32. The Morgan fingerprint density at radius 1 is 1.42 bits per heavy atom. The molecule has 19 heavy (non-hydrogen) atoms. The van der Waals surface area contributed by atoms with E-state index in [2.05, 4.69) is 37.1 Å². The summed E-state index contributed by atoms with van der Waals surface area (Å²) < 4.78 is 5.21. The van der Waals surface area contributed by atoms with Crippen LogP contribution < -0.4 is 15.0 Å².